The summed E-state index contributed by atoms with van der Waals surface area (Å²) in [5.41, 5.74) is 5.45. The van der Waals surface area contributed by atoms with Crippen LogP contribution in [0, 0.1) is 6.92 Å². The highest BCUT2D eigenvalue weighted by atomic mass is 79.9. The van der Waals surface area contributed by atoms with Crippen LogP contribution in [0.4, 0.5) is 11.5 Å². The van der Waals surface area contributed by atoms with Crippen LogP contribution in [0.3, 0.4) is 0 Å². The molecule has 32 heavy (non-hydrogen) atoms. The first-order valence-corrected chi connectivity index (χ1v) is 11.1. The number of carbonyl (C=O) groups excluding carboxylic acids is 1. The maximum Gasteiger partial charge on any atom is 0.261 e. The fourth-order valence-electron chi connectivity index (χ4n) is 3.78. The maximum atomic E-state index is 13.1. The molecule has 4 aromatic rings. The zero-order valence-electron chi connectivity index (χ0n) is 17.4. The third kappa shape index (κ3) is 3.97. The smallest absolute Gasteiger partial charge is 0.261 e. The van der Waals surface area contributed by atoms with E-state index in [2.05, 4.69) is 49.9 Å². The Morgan fingerprint density at radius 3 is 2.44 bits per heavy atom. The van der Waals surface area contributed by atoms with Crippen LogP contribution < -0.4 is 10.6 Å². The predicted octanol–water partition coefficient (Wildman–Crippen LogP) is 6.26. The Balaban J connectivity index is 1.54. The largest absolute Gasteiger partial charge is 0.339 e. The molecule has 0 radical (unpaired) electrons. The average Bonchev–Trinajstić information content (AvgIpc) is 3.25. The molecular formula is C26H21BrN4O. The number of amides is 1. The highest BCUT2D eigenvalue weighted by molar-refractivity contribution is 9.10. The number of rotatable bonds is 4. The molecule has 3 aromatic carbocycles. The molecule has 0 aliphatic carbocycles. The first-order valence-electron chi connectivity index (χ1n) is 10.3. The van der Waals surface area contributed by atoms with E-state index >= 15 is 0 Å². The van der Waals surface area contributed by atoms with Crippen LogP contribution in [0.25, 0.3) is 5.70 Å². The van der Waals surface area contributed by atoms with Gasteiger partial charge in [-0.3, -0.25) is 4.79 Å². The van der Waals surface area contributed by atoms with Gasteiger partial charge in [0.2, 0.25) is 0 Å². The summed E-state index contributed by atoms with van der Waals surface area (Å²) in [6.07, 6.45) is 3.76. The van der Waals surface area contributed by atoms with Crippen molar-refractivity contribution >= 4 is 39.0 Å². The number of carbonyl (C=O) groups is 1. The summed E-state index contributed by atoms with van der Waals surface area (Å²) in [6.45, 7) is 2.02. The Labute approximate surface area is 194 Å². The van der Waals surface area contributed by atoms with Crippen molar-refractivity contribution in [3.8, 4) is 0 Å². The van der Waals surface area contributed by atoms with Crippen molar-refractivity contribution < 1.29 is 4.79 Å². The van der Waals surface area contributed by atoms with Crippen LogP contribution >= 0.6 is 15.9 Å². The average molecular weight is 485 g/mol. The van der Waals surface area contributed by atoms with Crippen molar-refractivity contribution in [2.75, 3.05) is 10.6 Å². The van der Waals surface area contributed by atoms with E-state index in [-0.39, 0.29) is 11.9 Å². The van der Waals surface area contributed by atoms with Gasteiger partial charge in [-0.05, 0) is 48.4 Å². The van der Waals surface area contributed by atoms with E-state index in [0.29, 0.717) is 11.4 Å². The summed E-state index contributed by atoms with van der Waals surface area (Å²) < 4.78 is 2.88. The SMILES string of the molecule is Cc1ccc(NC(=O)c2cnn3c2NC(c2ccc(Br)cc2)=C[C@H]3c2ccccc2)cc1. The molecule has 1 amide bonds. The molecule has 1 aliphatic heterocycles. The topological polar surface area (TPSA) is 59.0 Å². The monoisotopic (exact) mass is 484 g/mol. The quantitative estimate of drug-likeness (QED) is 0.359. The fourth-order valence-corrected chi connectivity index (χ4v) is 4.05. The molecule has 5 nitrogen and oxygen atoms in total. The van der Waals surface area contributed by atoms with Crippen molar-refractivity contribution in [3.63, 3.8) is 0 Å². The predicted molar refractivity (Wildman–Crippen MR) is 132 cm³/mol. The number of nitrogens with zero attached hydrogens (tertiary/aromatic N) is 2. The number of anilines is 2. The Hall–Kier alpha value is -3.64. The Bertz CT molecular complexity index is 1290. The van der Waals surface area contributed by atoms with E-state index in [9.17, 15) is 4.79 Å². The van der Waals surface area contributed by atoms with Gasteiger partial charge in [0.15, 0.2) is 0 Å². The van der Waals surface area contributed by atoms with Gasteiger partial charge in [-0.1, -0.05) is 76.1 Å². The van der Waals surface area contributed by atoms with Gasteiger partial charge < -0.3 is 10.6 Å². The molecule has 0 saturated heterocycles. The lowest BCUT2D eigenvalue weighted by molar-refractivity contribution is 0.102. The van der Waals surface area contributed by atoms with Crippen LogP contribution in [0.1, 0.15) is 33.1 Å². The van der Waals surface area contributed by atoms with E-state index in [0.717, 1.165) is 32.5 Å². The number of halogens is 1. The van der Waals surface area contributed by atoms with E-state index in [1.807, 2.05) is 78.3 Å². The second-order valence-corrected chi connectivity index (χ2v) is 8.66. The summed E-state index contributed by atoms with van der Waals surface area (Å²) in [5, 5.41) is 11.0. The van der Waals surface area contributed by atoms with Crippen molar-refractivity contribution in [1.82, 2.24) is 9.78 Å². The van der Waals surface area contributed by atoms with Gasteiger partial charge >= 0.3 is 0 Å². The summed E-state index contributed by atoms with van der Waals surface area (Å²) in [4.78, 5) is 13.1. The van der Waals surface area contributed by atoms with Gasteiger partial charge in [0, 0.05) is 15.9 Å². The lowest BCUT2D eigenvalue weighted by Gasteiger charge is -2.26. The lowest BCUT2D eigenvalue weighted by atomic mass is 10.0. The van der Waals surface area contributed by atoms with Crippen molar-refractivity contribution in [3.05, 3.63) is 118 Å². The molecule has 6 heteroatoms. The molecule has 0 spiro atoms. The van der Waals surface area contributed by atoms with Crippen LogP contribution in [0.2, 0.25) is 0 Å². The summed E-state index contributed by atoms with van der Waals surface area (Å²) in [6, 6.07) is 25.9. The van der Waals surface area contributed by atoms with Crippen LogP contribution in [-0.2, 0) is 0 Å². The van der Waals surface area contributed by atoms with Crippen molar-refractivity contribution in [1.29, 1.82) is 0 Å². The van der Waals surface area contributed by atoms with Crippen LogP contribution in [0.15, 0.2) is 95.6 Å². The highest BCUT2D eigenvalue weighted by Crippen LogP contribution is 2.35. The number of allylic oxidation sites excluding steroid dienone is 1. The number of hydrogen-bond donors (Lipinski definition) is 2. The number of fused-ring (bicyclic) bond motifs is 1. The second-order valence-electron chi connectivity index (χ2n) is 7.74. The molecule has 158 valence electrons. The number of nitrogens with one attached hydrogen (secondary N) is 2. The van der Waals surface area contributed by atoms with Crippen LogP contribution in [-0.4, -0.2) is 15.7 Å². The van der Waals surface area contributed by atoms with Gasteiger partial charge in [-0.2, -0.15) is 5.10 Å². The maximum absolute atomic E-state index is 13.1. The minimum atomic E-state index is -0.202. The number of hydrogen-bond acceptors (Lipinski definition) is 3. The minimum Gasteiger partial charge on any atom is -0.339 e. The van der Waals surface area contributed by atoms with Gasteiger partial charge in [-0.25, -0.2) is 4.68 Å². The lowest BCUT2D eigenvalue weighted by Crippen LogP contribution is -2.22. The molecule has 0 bridgehead atoms. The van der Waals surface area contributed by atoms with E-state index < -0.39 is 0 Å². The summed E-state index contributed by atoms with van der Waals surface area (Å²) >= 11 is 3.50. The number of benzene rings is 3. The highest BCUT2D eigenvalue weighted by Gasteiger charge is 2.27. The molecule has 1 aromatic heterocycles. The first-order chi connectivity index (χ1) is 15.6. The molecular weight excluding hydrogens is 464 g/mol. The molecule has 0 unspecified atom stereocenters. The Kier molecular flexibility index (Phi) is 5.37. The normalized spacial score (nSPS) is 14.8. The van der Waals surface area contributed by atoms with E-state index in [4.69, 9.17) is 0 Å². The second kappa shape index (κ2) is 8.48. The Morgan fingerprint density at radius 2 is 1.72 bits per heavy atom. The van der Waals surface area contributed by atoms with E-state index in [1.165, 1.54) is 0 Å². The van der Waals surface area contributed by atoms with Gasteiger partial charge in [0.05, 0.1) is 12.2 Å². The molecule has 0 saturated carbocycles. The molecule has 2 N–H and O–H groups in total. The molecule has 1 atom stereocenters. The molecule has 1 aliphatic rings. The standard InChI is InChI=1S/C26H21BrN4O/c1-17-7-13-21(14-8-17)29-26(32)22-16-28-31-24(19-5-3-2-4-6-19)15-23(30-25(22)31)18-9-11-20(27)12-10-18/h2-16,24,30H,1H3,(H,29,32)/t24-/m0/s1. The molecule has 0 fully saturated rings. The van der Waals surface area contributed by atoms with Gasteiger partial charge in [-0.15, -0.1) is 0 Å². The molecule has 2 heterocycles. The zero-order valence-corrected chi connectivity index (χ0v) is 19.0. The minimum absolute atomic E-state index is 0.132. The van der Waals surface area contributed by atoms with Crippen molar-refractivity contribution in [2.45, 2.75) is 13.0 Å². The third-order valence-corrected chi connectivity index (χ3v) is 6.02. The number of aromatic nitrogens is 2. The number of aryl methyl sites for hydroxylation is 1. The van der Waals surface area contributed by atoms with E-state index in [1.54, 1.807) is 6.20 Å². The zero-order chi connectivity index (χ0) is 22.1. The third-order valence-electron chi connectivity index (χ3n) is 5.49. The van der Waals surface area contributed by atoms with Gasteiger partial charge in [0.25, 0.3) is 5.91 Å². The Morgan fingerprint density at radius 1 is 1.00 bits per heavy atom. The summed E-state index contributed by atoms with van der Waals surface area (Å²) in [7, 11) is 0. The summed E-state index contributed by atoms with van der Waals surface area (Å²) in [5.74, 6) is 0.468. The molecule has 5 rings (SSSR count). The fraction of sp³-hybridized carbons (Fsp3) is 0.0769. The van der Waals surface area contributed by atoms with Crippen molar-refractivity contribution in [2.24, 2.45) is 0 Å². The first kappa shape index (κ1) is 20.3. The van der Waals surface area contributed by atoms with Gasteiger partial charge in [0.1, 0.15) is 11.4 Å². The van der Waals surface area contributed by atoms with Crippen LogP contribution in [0.5, 0.6) is 0 Å².